The third-order valence-corrected chi connectivity index (χ3v) is 5.34. The summed E-state index contributed by atoms with van der Waals surface area (Å²) >= 11 is 12.7. The van der Waals surface area contributed by atoms with Crippen LogP contribution in [0, 0.1) is 17.2 Å². The normalized spacial score (nSPS) is 15.2. The maximum absolute atomic E-state index is 12.2. The van der Waals surface area contributed by atoms with E-state index in [1.165, 1.54) is 18.2 Å². The number of hydrogen-bond acceptors (Lipinski definition) is 11. The number of hydrazone groups is 1. The monoisotopic (exact) mass is 552 g/mol. The number of nitrogens with zero attached hydrogens (tertiary/aromatic N) is 5. The molecule has 0 radical (unpaired) electrons. The number of aromatic amines is 1. The van der Waals surface area contributed by atoms with Crippen LogP contribution in [0.15, 0.2) is 38.5 Å². The first-order valence-corrected chi connectivity index (χ1v) is 11.6. The van der Waals surface area contributed by atoms with Gasteiger partial charge in [0.05, 0.1) is 21.8 Å². The van der Waals surface area contributed by atoms with E-state index in [4.69, 9.17) is 42.7 Å². The zero-order valence-electron chi connectivity index (χ0n) is 20.1. The van der Waals surface area contributed by atoms with E-state index in [9.17, 15) is 19.5 Å². The number of H-pyrrole nitrogens is 1. The maximum atomic E-state index is 12.2. The molecule has 1 aromatic carbocycles. The first kappa shape index (κ1) is 27.7. The fourth-order valence-corrected chi connectivity index (χ4v) is 3.63. The van der Waals surface area contributed by atoms with E-state index in [0.717, 1.165) is 9.69 Å². The molecular weight excluding hydrogens is 531 g/mol. The summed E-state index contributed by atoms with van der Waals surface area (Å²) < 4.78 is 16.5. The number of ether oxygens (including phenoxy) is 3. The van der Waals surface area contributed by atoms with E-state index in [1.54, 1.807) is 19.9 Å². The lowest BCUT2D eigenvalue weighted by molar-refractivity contribution is -0.0570. The molecule has 0 saturated heterocycles. The van der Waals surface area contributed by atoms with E-state index in [0.29, 0.717) is 5.57 Å². The molecule has 0 saturated carbocycles. The van der Waals surface area contributed by atoms with Crippen LogP contribution in [0.5, 0.6) is 5.75 Å². The van der Waals surface area contributed by atoms with Gasteiger partial charge < -0.3 is 19.3 Å². The summed E-state index contributed by atoms with van der Waals surface area (Å²) in [6.07, 6.45) is -1.05. The van der Waals surface area contributed by atoms with Crippen LogP contribution in [0.3, 0.4) is 0 Å². The van der Waals surface area contributed by atoms with Gasteiger partial charge in [-0.2, -0.15) is 9.94 Å². The number of benzene rings is 1. The van der Waals surface area contributed by atoms with Gasteiger partial charge in [0.25, 0.3) is 5.56 Å². The molecule has 1 unspecified atom stereocenters. The van der Waals surface area contributed by atoms with Crippen LogP contribution >= 0.6 is 23.2 Å². The zero-order valence-corrected chi connectivity index (χ0v) is 21.6. The smallest absolute Gasteiger partial charge is 0.434 e. The molecule has 2 heterocycles. The Balaban J connectivity index is 1.93. The first-order chi connectivity index (χ1) is 17.4. The van der Waals surface area contributed by atoms with Gasteiger partial charge in [-0.05, 0) is 37.5 Å². The van der Waals surface area contributed by atoms with E-state index in [2.05, 4.69) is 10.2 Å². The molecule has 3 rings (SSSR count). The Kier molecular flexibility index (Phi) is 8.59. The molecular formula is C22H22Cl2N6O7. The van der Waals surface area contributed by atoms with E-state index < -0.39 is 42.2 Å². The molecule has 0 amide bonds. The van der Waals surface area contributed by atoms with E-state index in [-0.39, 0.29) is 33.3 Å². The SMILES string of the molecule is CC(C)OC(=O)OCN1N=C(Oc2c(Cl)cc(-n3nc(C#N)c(=O)[nH]c3=O)cc2Cl)C=C(C(C)C)C1O. The Bertz CT molecular complexity index is 1400. The second-order valence-corrected chi connectivity index (χ2v) is 9.03. The Morgan fingerprint density at radius 1 is 1.24 bits per heavy atom. The number of nitriles is 1. The van der Waals surface area contributed by atoms with E-state index in [1.807, 2.05) is 18.8 Å². The van der Waals surface area contributed by atoms with Crippen LogP contribution in [0.1, 0.15) is 33.4 Å². The Morgan fingerprint density at radius 2 is 1.89 bits per heavy atom. The van der Waals surface area contributed by atoms with Crippen LogP contribution in [-0.2, 0) is 9.47 Å². The zero-order chi connectivity index (χ0) is 27.4. The number of aromatic nitrogens is 3. The first-order valence-electron chi connectivity index (χ1n) is 10.8. The van der Waals surface area contributed by atoms with Crippen molar-refractivity contribution in [2.24, 2.45) is 11.0 Å². The summed E-state index contributed by atoms with van der Waals surface area (Å²) in [5.74, 6) is -0.216. The number of hydrogen-bond donors (Lipinski definition) is 2. The van der Waals surface area contributed by atoms with Crippen LogP contribution in [-0.4, -0.2) is 56.0 Å². The maximum Gasteiger partial charge on any atom is 0.510 e. The van der Waals surface area contributed by atoms with E-state index >= 15 is 0 Å². The van der Waals surface area contributed by atoms with Gasteiger partial charge in [0.2, 0.25) is 11.6 Å². The average Bonchev–Trinajstić information content (AvgIpc) is 2.80. The summed E-state index contributed by atoms with van der Waals surface area (Å²) in [6.45, 7) is 6.55. The molecule has 1 aliphatic rings. The highest BCUT2D eigenvalue weighted by atomic mass is 35.5. The number of aliphatic hydroxyl groups is 1. The lowest BCUT2D eigenvalue weighted by atomic mass is 10.0. The topological polar surface area (TPSA) is 172 Å². The van der Waals surface area contributed by atoms with Gasteiger partial charge in [0.15, 0.2) is 18.7 Å². The minimum atomic E-state index is -1.21. The van der Waals surface area contributed by atoms with Crippen molar-refractivity contribution in [2.75, 3.05) is 6.73 Å². The fraction of sp³-hybridized carbons (Fsp3) is 0.364. The largest absolute Gasteiger partial charge is 0.510 e. The molecule has 1 atom stereocenters. The molecule has 0 spiro atoms. The van der Waals surface area contributed by atoms with Gasteiger partial charge >= 0.3 is 11.8 Å². The predicted molar refractivity (Wildman–Crippen MR) is 132 cm³/mol. The van der Waals surface area contributed by atoms with Gasteiger partial charge in [0, 0.05) is 6.08 Å². The van der Waals surface area contributed by atoms with Crippen molar-refractivity contribution in [2.45, 2.75) is 40.0 Å². The standard InChI is InChI=1S/C22H22Cl2N6O7/c1-10(2)13-7-17(28-29(20(13)32)9-35-22(34)36-11(3)4)37-18-14(23)5-12(6-15(18)24)30-21(33)26-19(31)16(8-25)27-30/h5-7,10-11,20,32H,9H2,1-4H3,(H,26,31,33). The quantitative estimate of drug-likeness (QED) is 0.507. The van der Waals surface area contributed by atoms with Crippen molar-refractivity contribution >= 4 is 35.3 Å². The third-order valence-electron chi connectivity index (χ3n) is 4.78. The van der Waals surface area contributed by atoms with Crippen LogP contribution in [0.25, 0.3) is 5.69 Å². The van der Waals surface area contributed by atoms with Crippen molar-refractivity contribution in [3.05, 3.63) is 60.4 Å². The second kappa shape index (κ2) is 11.5. The number of rotatable bonds is 6. The Hall–Kier alpha value is -3.86. The molecule has 1 aromatic heterocycles. The summed E-state index contributed by atoms with van der Waals surface area (Å²) in [5, 5.41) is 28.5. The number of carbonyl (C=O) groups excluding carboxylic acids is 1. The number of nitrogens with one attached hydrogen (secondary N) is 1. The Labute approximate surface area is 220 Å². The van der Waals surface area contributed by atoms with Crippen LogP contribution in [0.4, 0.5) is 4.79 Å². The van der Waals surface area contributed by atoms with Gasteiger partial charge in [0.1, 0.15) is 6.07 Å². The van der Waals surface area contributed by atoms with Crippen molar-refractivity contribution < 1.29 is 24.1 Å². The summed E-state index contributed by atoms with van der Waals surface area (Å²) in [6, 6.07) is 4.15. The third kappa shape index (κ3) is 6.48. The van der Waals surface area contributed by atoms with Crippen molar-refractivity contribution in [3.8, 4) is 17.5 Å². The summed E-state index contributed by atoms with van der Waals surface area (Å²) in [7, 11) is 0. The minimum Gasteiger partial charge on any atom is -0.434 e. The fourth-order valence-electron chi connectivity index (χ4n) is 3.08. The van der Waals surface area contributed by atoms with Crippen molar-refractivity contribution in [1.29, 1.82) is 5.26 Å². The number of halogens is 2. The predicted octanol–water partition coefficient (Wildman–Crippen LogP) is 2.53. The number of carbonyl (C=O) groups is 1. The van der Waals surface area contributed by atoms with Gasteiger partial charge in [-0.3, -0.25) is 9.78 Å². The molecule has 2 aromatic rings. The van der Waals surface area contributed by atoms with Crippen LogP contribution in [0.2, 0.25) is 10.0 Å². The highest BCUT2D eigenvalue weighted by Crippen LogP contribution is 2.36. The molecule has 0 fully saturated rings. The van der Waals surface area contributed by atoms with Crippen LogP contribution < -0.4 is 16.0 Å². The molecule has 2 N–H and O–H groups in total. The number of aliphatic hydroxyl groups excluding tert-OH is 1. The summed E-state index contributed by atoms with van der Waals surface area (Å²) in [5.41, 5.74) is -1.82. The summed E-state index contributed by atoms with van der Waals surface area (Å²) in [4.78, 5) is 37.5. The molecule has 196 valence electrons. The molecule has 15 heteroatoms. The van der Waals surface area contributed by atoms with Gasteiger partial charge in [-0.25, -0.2) is 14.6 Å². The van der Waals surface area contributed by atoms with Crippen molar-refractivity contribution in [1.82, 2.24) is 19.8 Å². The molecule has 1 aliphatic heterocycles. The van der Waals surface area contributed by atoms with Gasteiger partial charge in [-0.1, -0.05) is 37.0 Å². The Morgan fingerprint density at radius 3 is 2.46 bits per heavy atom. The van der Waals surface area contributed by atoms with Crippen molar-refractivity contribution in [3.63, 3.8) is 0 Å². The average molecular weight is 553 g/mol. The second-order valence-electron chi connectivity index (χ2n) is 8.21. The molecule has 0 bridgehead atoms. The lowest BCUT2D eigenvalue weighted by Gasteiger charge is -2.31. The lowest BCUT2D eigenvalue weighted by Crippen LogP contribution is -2.40. The van der Waals surface area contributed by atoms with Gasteiger partial charge in [-0.15, -0.1) is 10.2 Å². The highest BCUT2D eigenvalue weighted by Gasteiger charge is 2.29. The minimum absolute atomic E-state index is 0.0301. The highest BCUT2D eigenvalue weighted by molar-refractivity contribution is 6.37. The molecule has 13 nitrogen and oxygen atoms in total. The molecule has 37 heavy (non-hydrogen) atoms. The molecule has 0 aliphatic carbocycles.